The Morgan fingerprint density at radius 1 is 1.12 bits per heavy atom. The second-order valence-electron chi connectivity index (χ2n) is 10.7. The summed E-state index contributed by atoms with van der Waals surface area (Å²) in [5.74, 6) is 0.170. The third-order valence-electron chi connectivity index (χ3n) is 8.66. The van der Waals surface area contributed by atoms with Crippen LogP contribution in [-0.2, 0) is 10.3 Å². The standard InChI is InChI=1S/C26H39FN4O3/c1-28(2)26(21-7-9-22(27)10-8-21)13-11-25(12-14-26)19-30(18-23(33)29(3)15-16-32)24(34)31(25)17-20-5-4-6-20/h7-10,20,32H,4-6,11-19H2,1-3H3/t25-,26+. The zero-order valence-electron chi connectivity index (χ0n) is 20.8. The lowest BCUT2D eigenvalue weighted by Gasteiger charge is -2.51. The number of likely N-dealkylation sites (N-methyl/N-ethyl adjacent to an activating group) is 1. The number of hydrogen-bond donors (Lipinski definition) is 1. The first kappa shape index (κ1) is 24.9. The van der Waals surface area contributed by atoms with Gasteiger partial charge in [-0.3, -0.25) is 9.69 Å². The quantitative estimate of drug-likeness (QED) is 0.629. The number of urea groups is 1. The molecule has 8 heteroatoms. The monoisotopic (exact) mass is 474 g/mol. The molecule has 4 rings (SSSR count). The number of rotatable bonds is 8. The summed E-state index contributed by atoms with van der Waals surface area (Å²) < 4.78 is 13.6. The molecular formula is C26H39FN4O3. The molecule has 7 nitrogen and oxygen atoms in total. The first-order valence-electron chi connectivity index (χ1n) is 12.6. The Labute approximate surface area is 202 Å². The van der Waals surface area contributed by atoms with Crippen molar-refractivity contribution in [2.75, 3.05) is 53.9 Å². The predicted octanol–water partition coefficient (Wildman–Crippen LogP) is 2.88. The van der Waals surface area contributed by atoms with Crippen LogP contribution in [0.4, 0.5) is 9.18 Å². The van der Waals surface area contributed by atoms with Gasteiger partial charge in [0.15, 0.2) is 0 Å². The molecule has 2 aliphatic carbocycles. The minimum atomic E-state index is -0.276. The average molecular weight is 475 g/mol. The summed E-state index contributed by atoms with van der Waals surface area (Å²) in [5.41, 5.74) is 0.637. The number of halogens is 1. The van der Waals surface area contributed by atoms with E-state index < -0.39 is 0 Å². The molecule has 2 saturated carbocycles. The van der Waals surface area contributed by atoms with Gasteiger partial charge in [-0.15, -0.1) is 0 Å². The number of aliphatic hydroxyl groups is 1. The number of aliphatic hydroxyl groups excluding tert-OH is 1. The van der Waals surface area contributed by atoms with Gasteiger partial charge in [0.1, 0.15) is 12.4 Å². The van der Waals surface area contributed by atoms with Gasteiger partial charge in [0.25, 0.3) is 0 Å². The number of benzene rings is 1. The fourth-order valence-corrected chi connectivity index (χ4v) is 6.08. The molecule has 0 unspecified atom stereocenters. The summed E-state index contributed by atoms with van der Waals surface area (Å²) in [4.78, 5) is 33.8. The Morgan fingerprint density at radius 3 is 2.29 bits per heavy atom. The first-order valence-corrected chi connectivity index (χ1v) is 12.6. The molecule has 3 fully saturated rings. The number of nitrogens with zero attached hydrogens (tertiary/aromatic N) is 4. The summed E-state index contributed by atoms with van der Waals surface area (Å²) in [6.07, 6.45) is 6.97. The molecule has 188 valence electrons. The highest BCUT2D eigenvalue weighted by Crippen LogP contribution is 2.49. The van der Waals surface area contributed by atoms with E-state index in [1.165, 1.54) is 23.5 Å². The first-order chi connectivity index (χ1) is 16.2. The van der Waals surface area contributed by atoms with E-state index in [9.17, 15) is 14.0 Å². The molecule has 1 aromatic carbocycles. The molecule has 1 saturated heterocycles. The zero-order chi connectivity index (χ0) is 24.5. The van der Waals surface area contributed by atoms with Crippen molar-refractivity contribution in [1.29, 1.82) is 0 Å². The van der Waals surface area contributed by atoms with E-state index in [-0.39, 0.29) is 48.5 Å². The van der Waals surface area contributed by atoms with Crippen LogP contribution in [0.15, 0.2) is 24.3 Å². The van der Waals surface area contributed by atoms with Crippen LogP contribution in [0.3, 0.4) is 0 Å². The third kappa shape index (κ3) is 4.54. The minimum Gasteiger partial charge on any atom is -0.395 e. The largest absolute Gasteiger partial charge is 0.395 e. The van der Waals surface area contributed by atoms with Gasteiger partial charge in [-0.2, -0.15) is 0 Å². The number of carbonyl (C=O) groups is 2. The van der Waals surface area contributed by atoms with E-state index in [1.54, 1.807) is 11.9 Å². The molecule has 34 heavy (non-hydrogen) atoms. The van der Waals surface area contributed by atoms with Crippen molar-refractivity contribution >= 4 is 11.9 Å². The molecule has 1 N–H and O–H groups in total. The van der Waals surface area contributed by atoms with Crippen molar-refractivity contribution < 1.29 is 19.1 Å². The molecule has 1 spiro atoms. The van der Waals surface area contributed by atoms with Crippen molar-refractivity contribution in [2.24, 2.45) is 5.92 Å². The molecule has 1 aromatic rings. The van der Waals surface area contributed by atoms with E-state index in [1.807, 2.05) is 12.1 Å². The molecule has 3 amide bonds. The smallest absolute Gasteiger partial charge is 0.321 e. The molecule has 0 radical (unpaired) electrons. The Kier molecular flexibility index (Phi) is 7.20. The number of hydrogen-bond acceptors (Lipinski definition) is 4. The highest BCUT2D eigenvalue weighted by Gasteiger charge is 2.55. The van der Waals surface area contributed by atoms with Crippen LogP contribution in [0, 0.1) is 11.7 Å². The van der Waals surface area contributed by atoms with Crippen LogP contribution in [0.5, 0.6) is 0 Å². The molecule has 0 atom stereocenters. The summed E-state index contributed by atoms with van der Waals surface area (Å²) in [7, 11) is 5.82. The Balaban J connectivity index is 1.55. The molecular weight excluding hydrogens is 435 g/mol. The highest BCUT2D eigenvalue weighted by molar-refractivity contribution is 5.86. The van der Waals surface area contributed by atoms with Gasteiger partial charge in [0.05, 0.1) is 12.1 Å². The van der Waals surface area contributed by atoms with Crippen molar-refractivity contribution in [3.05, 3.63) is 35.6 Å². The van der Waals surface area contributed by atoms with Crippen LogP contribution in [-0.4, -0.2) is 96.1 Å². The van der Waals surface area contributed by atoms with Gasteiger partial charge in [0, 0.05) is 32.2 Å². The van der Waals surface area contributed by atoms with Crippen LogP contribution >= 0.6 is 0 Å². The lowest BCUT2D eigenvalue weighted by Crippen LogP contribution is -2.56. The lowest BCUT2D eigenvalue weighted by atomic mass is 9.68. The van der Waals surface area contributed by atoms with Crippen LogP contribution in [0.25, 0.3) is 0 Å². The van der Waals surface area contributed by atoms with Crippen molar-refractivity contribution in [3.8, 4) is 0 Å². The minimum absolute atomic E-state index is 0.0308. The van der Waals surface area contributed by atoms with Crippen LogP contribution < -0.4 is 0 Å². The van der Waals surface area contributed by atoms with Gasteiger partial charge >= 0.3 is 6.03 Å². The van der Waals surface area contributed by atoms with Crippen molar-refractivity contribution in [3.63, 3.8) is 0 Å². The van der Waals surface area contributed by atoms with E-state index in [0.717, 1.165) is 50.6 Å². The van der Waals surface area contributed by atoms with Crippen LogP contribution in [0.1, 0.15) is 50.5 Å². The number of amides is 3. The van der Waals surface area contributed by atoms with Gasteiger partial charge in [-0.05, 0) is 76.2 Å². The van der Waals surface area contributed by atoms with E-state index in [4.69, 9.17) is 5.11 Å². The predicted molar refractivity (Wildman–Crippen MR) is 129 cm³/mol. The van der Waals surface area contributed by atoms with E-state index in [2.05, 4.69) is 23.9 Å². The maximum Gasteiger partial charge on any atom is 0.321 e. The third-order valence-corrected chi connectivity index (χ3v) is 8.66. The van der Waals surface area contributed by atoms with E-state index in [0.29, 0.717) is 12.5 Å². The zero-order valence-corrected chi connectivity index (χ0v) is 20.8. The lowest BCUT2D eigenvalue weighted by molar-refractivity contribution is -0.130. The molecule has 1 heterocycles. The van der Waals surface area contributed by atoms with Gasteiger partial charge in [-0.1, -0.05) is 18.6 Å². The van der Waals surface area contributed by atoms with Crippen molar-refractivity contribution in [2.45, 2.75) is 56.0 Å². The van der Waals surface area contributed by atoms with Crippen molar-refractivity contribution in [1.82, 2.24) is 19.6 Å². The SMILES string of the molecule is CN(CCO)C(=O)CN1C[C@]2(CC[C@](c3ccc(F)cc3)(N(C)C)CC2)N(CC2CCC2)C1=O. The fourth-order valence-electron chi connectivity index (χ4n) is 6.08. The molecule has 0 bridgehead atoms. The van der Waals surface area contributed by atoms with E-state index >= 15 is 0 Å². The van der Waals surface area contributed by atoms with Gasteiger partial charge in [0.2, 0.25) is 5.91 Å². The number of carbonyl (C=O) groups excluding carboxylic acids is 2. The maximum absolute atomic E-state index is 13.6. The van der Waals surface area contributed by atoms with Gasteiger partial charge in [-0.25, -0.2) is 9.18 Å². The maximum atomic E-state index is 13.6. The topological polar surface area (TPSA) is 67.3 Å². The molecule has 0 aromatic heterocycles. The second-order valence-corrected chi connectivity index (χ2v) is 10.7. The Hall–Kier alpha value is -2.19. The normalized spacial score (nSPS) is 27.5. The fraction of sp³-hybridized carbons (Fsp3) is 0.692. The highest BCUT2D eigenvalue weighted by atomic mass is 19.1. The summed E-state index contributed by atoms with van der Waals surface area (Å²) >= 11 is 0. The second kappa shape index (κ2) is 9.82. The summed E-state index contributed by atoms with van der Waals surface area (Å²) in [6.45, 7) is 1.55. The van der Waals surface area contributed by atoms with Crippen LogP contribution in [0.2, 0.25) is 0 Å². The molecule has 1 aliphatic heterocycles. The average Bonchev–Trinajstić information content (AvgIpc) is 3.02. The van der Waals surface area contributed by atoms with Gasteiger partial charge < -0.3 is 19.8 Å². The summed E-state index contributed by atoms with van der Waals surface area (Å²) in [6, 6.07) is 6.81. The Morgan fingerprint density at radius 2 is 1.76 bits per heavy atom. The Bertz CT molecular complexity index is 879. The summed E-state index contributed by atoms with van der Waals surface area (Å²) in [5, 5.41) is 9.17. The molecule has 3 aliphatic rings.